The molecule has 0 aliphatic rings. The average molecular weight is 248 g/mol. The van der Waals surface area contributed by atoms with Crippen LogP contribution in [0.5, 0.6) is 0 Å². The maximum Gasteiger partial charge on any atom is 0.274 e. The van der Waals surface area contributed by atoms with Gasteiger partial charge in [0, 0.05) is 26.0 Å². The van der Waals surface area contributed by atoms with Gasteiger partial charge in [-0.05, 0) is 13.0 Å². The van der Waals surface area contributed by atoms with Crippen molar-refractivity contribution in [2.45, 2.75) is 20.0 Å². The molecule has 0 atom stereocenters. The van der Waals surface area contributed by atoms with Crippen LogP contribution >= 0.6 is 0 Å². The molecule has 2 rings (SSSR count). The molecule has 1 amide bonds. The Kier molecular flexibility index (Phi) is 3.31. The van der Waals surface area contributed by atoms with Gasteiger partial charge in [0.15, 0.2) is 5.69 Å². The minimum Gasteiger partial charge on any atom is -0.396 e. The number of hydrogen-bond acceptors (Lipinski definition) is 4. The zero-order chi connectivity index (χ0) is 13.1. The molecule has 0 saturated heterocycles. The smallest absolute Gasteiger partial charge is 0.274 e. The number of carbonyl (C=O) groups is 1. The molecule has 0 aromatic carbocycles. The first kappa shape index (κ1) is 12.2. The molecule has 2 aromatic heterocycles. The molecule has 2 heterocycles. The molecule has 7 nitrogen and oxygen atoms in total. The summed E-state index contributed by atoms with van der Waals surface area (Å²) in [5, 5.41) is 10.9. The highest BCUT2D eigenvalue weighted by atomic mass is 16.2. The van der Waals surface area contributed by atoms with Gasteiger partial charge in [-0.15, -0.1) is 0 Å². The second-order valence-electron chi connectivity index (χ2n) is 3.92. The van der Waals surface area contributed by atoms with Gasteiger partial charge in [0.05, 0.1) is 17.9 Å². The molecule has 0 aliphatic carbocycles. The van der Waals surface area contributed by atoms with Crippen LogP contribution in [-0.2, 0) is 20.1 Å². The lowest BCUT2D eigenvalue weighted by Crippen LogP contribution is -2.25. The highest BCUT2D eigenvalue weighted by Crippen LogP contribution is 2.09. The predicted octanol–water partition coefficient (Wildman–Crippen LogP) is 0.149. The summed E-state index contributed by atoms with van der Waals surface area (Å²) in [5.74, 6) is -0.277. The van der Waals surface area contributed by atoms with E-state index in [9.17, 15) is 4.79 Å². The van der Waals surface area contributed by atoms with Crippen molar-refractivity contribution >= 4 is 11.6 Å². The SMILES string of the molecule is CCn1cc(N)c(C(=O)NCc2ccnn2C)n1. The van der Waals surface area contributed by atoms with Crippen LogP contribution in [0.1, 0.15) is 23.1 Å². The zero-order valence-corrected chi connectivity index (χ0v) is 10.4. The Morgan fingerprint density at radius 2 is 2.33 bits per heavy atom. The van der Waals surface area contributed by atoms with E-state index in [1.807, 2.05) is 20.0 Å². The lowest BCUT2D eigenvalue weighted by atomic mass is 10.3. The molecular weight excluding hydrogens is 232 g/mol. The Labute approximate surface area is 105 Å². The largest absolute Gasteiger partial charge is 0.396 e. The van der Waals surface area contributed by atoms with Gasteiger partial charge < -0.3 is 11.1 Å². The Bertz CT molecular complexity index is 556. The van der Waals surface area contributed by atoms with Gasteiger partial charge in [-0.3, -0.25) is 14.2 Å². The van der Waals surface area contributed by atoms with Crippen LogP contribution in [0, 0.1) is 0 Å². The molecule has 96 valence electrons. The van der Waals surface area contributed by atoms with E-state index >= 15 is 0 Å². The van der Waals surface area contributed by atoms with E-state index in [1.54, 1.807) is 21.8 Å². The number of amides is 1. The number of aryl methyl sites for hydroxylation is 2. The lowest BCUT2D eigenvalue weighted by Gasteiger charge is -2.04. The fourth-order valence-electron chi connectivity index (χ4n) is 1.60. The van der Waals surface area contributed by atoms with Gasteiger partial charge in [0.25, 0.3) is 5.91 Å². The zero-order valence-electron chi connectivity index (χ0n) is 10.4. The predicted molar refractivity (Wildman–Crippen MR) is 66.7 cm³/mol. The topological polar surface area (TPSA) is 90.8 Å². The Balaban J connectivity index is 2.03. The van der Waals surface area contributed by atoms with E-state index in [0.717, 1.165) is 5.69 Å². The number of carbonyl (C=O) groups excluding carboxylic acids is 1. The minimum absolute atomic E-state index is 0.263. The van der Waals surface area contributed by atoms with Crippen molar-refractivity contribution in [1.29, 1.82) is 0 Å². The number of nitrogens with zero attached hydrogens (tertiary/aromatic N) is 4. The third-order valence-electron chi connectivity index (χ3n) is 2.68. The van der Waals surface area contributed by atoms with E-state index in [0.29, 0.717) is 18.8 Å². The number of nitrogen functional groups attached to an aromatic ring is 1. The van der Waals surface area contributed by atoms with Gasteiger partial charge in [-0.2, -0.15) is 10.2 Å². The molecule has 0 spiro atoms. The van der Waals surface area contributed by atoms with E-state index in [1.165, 1.54) is 0 Å². The molecule has 2 aromatic rings. The second kappa shape index (κ2) is 4.91. The van der Waals surface area contributed by atoms with E-state index < -0.39 is 0 Å². The Morgan fingerprint density at radius 1 is 1.56 bits per heavy atom. The first-order chi connectivity index (χ1) is 8.61. The van der Waals surface area contributed by atoms with E-state index in [4.69, 9.17) is 5.73 Å². The summed E-state index contributed by atoms with van der Waals surface area (Å²) >= 11 is 0. The van der Waals surface area contributed by atoms with Crippen molar-refractivity contribution in [1.82, 2.24) is 24.9 Å². The molecule has 18 heavy (non-hydrogen) atoms. The summed E-state index contributed by atoms with van der Waals surface area (Å²) in [6.45, 7) is 3.01. The third-order valence-corrected chi connectivity index (χ3v) is 2.68. The van der Waals surface area contributed by atoms with E-state index in [2.05, 4.69) is 15.5 Å². The summed E-state index contributed by atoms with van der Waals surface area (Å²) in [6.07, 6.45) is 3.33. The molecule has 7 heteroatoms. The van der Waals surface area contributed by atoms with E-state index in [-0.39, 0.29) is 11.6 Å². The van der Waals surface area contributed by atoms with Crippen molar-refractivity contribution in [2.24, 2.45) is 7.05 Å². The van der Waals surface area contributed by atoms with Crippen molar-refractivity contribution in [3.63, 3.8) is 0 Å². The maximum atomic E-state index is 11.9. The van der Waals surface area contributed by atoms with Crippen molar-refractivity contribution in [2.75, 3.05) is 5.73 Å². The van der Waals surface area contributed by atoms with Crippen LogP contribution in [0.2, 0.25) is 0 Å². The fraction of sp³-hybridized carbons (Fsp3) is 0.364. The first-order valence-corrected chi connectivity index (χ1v) is 5.69. The number of rotatable bonds is 4. The molecule has 0 saturated carbocycles. The van der Waals surface area contributed by atoms with Gasteiger partial charge in [-0.25, -0.2) is 0 Å². The number of aromatic nitrogens is 4. The molecule has 0 aliphatic heterocycles. The number of nitrogens with two attached hydrogens (primary N) is 1. The molecule has 0 fully saturated rings. The summed E-state index contributed by atoms with van der Waals surface area (Å²) in [5.41, 5.74) is 7.30. The number of anilines is 1. The summed E-state index contributed by atoms with van der Waals surface area (Å²) < 4.78 is 3.34. The standard InChI is InChI=1S/C11H16N6O/c1-3-17-7-9(12)10(15-17)11(18)13-6-8-4-5-14-16(8)2/h4-5,7H,3,6,12H2,1-2H3,(H,13,18). The normalized spacial score (nSPS) is 10.6. The number of hydrogen-bond donors (Lipinski definition) is 2. The van der Waals surface area contributed by atoms with Crippen molar-refractivity contribution in [3.05, 3.63) is 29.8 Å². The Morgan fingerprint density at radius 3 is 2.89 bits per heavy atom. The van der Waals surface area contributed by atoms with Crippen LogP contribution in [-0.4, -0.2) is 25.5 Å². The highest BCUT2D eigenvalue weighted by molar-refractivity contribution is 5.96. The molecule has 0 unspecified atom stereocenters. The number of nitrogens with one attached hydrogen (secondary N) is 1. The van der Waals surface area contributed by atoms with Crippen molar-refractivity contribution < 1.29 is 4.79 Å². The molecular formula is C11H16N6O. The maximum absolute atomic E-state index is 11.9. The highest BCUT2D eigenvalue weighted by Gasteiger charge is 2.14. The fourth-order valence-corrected chi connectivity index (χ4v) is 1.60. The van der Waals surface area contributed by atoms with Gasteiger partial charge in [0.2, 0.25) is 0 Å². The minimum atomic E-state index is -0.277. The second-order valence-corrected chi connectivity index (χ2v) is 3.92. The Hall–Kier alpha value is -2.31. The quantitative estimate of drug-likeness (QED) is 0.805. The van der Waals surface area contributed by atoms with Crippen LogP contribution in [0.15, 0.2) is 18.5 Å². The first-order valence-electron chi connectivity index (χ1n) is 5.69. The molecule has 0 bridgehead atoms. The van der Waals surface area contributed by atoms with Crippen LogP contribution in [0.25, 0.3) is 0 Å². The van der Waals surface area contributed by atoms with Crippen molar-refractivity contribution in [3.8, 4) is 0 Å². The van der Waals surface area contributed by atoms with Crippen LogP contribution in [0.4, 0.5) is 5.69 Å². The summed E-state index contributed by atoms with van der Waals surface area (Å²) in [6, 6.07) is 1.84. The molecule has 3 N–H and O–H groups in total. The summed E-state index contributed by atoms with van der Waals surface area (Å²) in [4.78, 5) is 11.9. The van der Waals surface area contributed by atoms with Gasteiger partial charge in [-0.1, -0.05) is 0 Å². The third kappa shape index (κ3) is 2.34. The summed E-state index contributed by atoms with van der Waals surface area (Å²) in [7, 11) is 1.82. The lowest BCUT2D eigenvalue weighted by molar-refractivity contribution is 0.0945. The molecule has 0 radical (unpaired) electrons. The van der Waals surface area contributed by atoms with Crippen LogP contribution in [0.3, 0.4) is 0 Å². The van der Waals surface area contributed by atoms with Crippen LogP contribution < -0.4 is 11.1 Å². The van der Waals surface area contributed by atoms with Gasteiger partial charge in [0.1, 0.15) is 0 Å². The monoisotopic (exact) mass is 248 g/mol. The average Bonchev–Trinajstić information content (AvgIpc) is 2.92. The van der Waals surface area contributed by atoms with Gasteiger partial charge >= 0.3 is 0 Å².